The van der Waals surface area contributed by atoms with Crippen LogP contribution in [0.3, 0.4) is 0 Å². The van der Waals surface area contributed by atoms with Crippen LogP contribution in [-0.2, 0) is 4.79 Å². The highest BCUT2D eigenvalue weighted by Gasteiger charge is 2.45. The second-order valence-corrected chi connectivity index (χ2v) is 6.04. The summed E-state index contributed by atoms with van der Waals surface area (Å²) in [5.74, 6) is -0.121. The number of nitrogens with one attached hydrogen (secondary N) is 1. The Morgan fingerprint density at radius 1 is 1.14 bits per heavy atom. The zero-order chi connectivity index (χ0) is 14.9. The summed E-state index contributed by atoms with van der Waals surface area (Å²) in [7, 11) is 0. The van der Waals surface area contributed by atoms with Crippen LogP contribution in [0.5, 0.6) is 0 Å². The van der Waals surface area contributed by atoms with Gasteiger partial charge in [-0.2, -0.15) is 0 Å². The van der Waals surface area contributed by atoms with E-state index in [-0.39, 0.29) is 11.8 Å². The standard InChI is InChI=1S/C16H21N3O2/c17-16(7-8-16)15(21)18-13-6-4-5-12(11-13)14(20)19-9-2-1-3-10-19/h4-6,11H,1-3,7-10,17H2,(H,18,21). The summed E-state index contributed by atoms with van der Waals surface area (Å²) in [5, 5.41) is 2.81. The minimum absolute atomic E-state index is 0.0414. The van der Waals surface area contributed by atoms with Crippen LogP contribution in [0.2, 0.25) is 0 Å². The van der Waals surface area contributed by atoms with Crippen molar-refractivity contribution in [2.45, 2.75) is 37.6 Å². The van der Waals surface area contributed by atoms with Gasteiger partial charge in [-0.15, -0.1) is 0 Å². The number of likely N-dealkylation sites (tertiary alicyclic amines) is 1. The van der Waals surface area contributed by atoms with Crippen molar-refractivity contribution in [1.29, 1.82) is 0 Å². The molecule has 1 aliphatic carbocycles. The molecule has 1 aromatic carbocycles. The normalized spacial score (nSPS) is 20.0. The largest absolute Gasteiger partial charge is 0.339 e. The molecule has 1 aromatic rings. The fourth-order valence-electron chi connectivity index (χ4n) is 2.63. The van der Waals surface area contributed by atoms with E-state index in [2.05, 4.69) is 5.32 Å². The predicted octanol–water partition coefficient (Wildman–Crippen LogP) is 1.74. The van der Waals surface area contributed by atoms with Crippen LogP contribution < -0.4 is 11.1 Å². The van der Waals surface area contributed by atoms with Gasteiger partial charge < -0.3 is 16.0 Å². The Kier molecular flexibility index (Phi) is 3.68. The van der Waals surface area contributed by atoms with Gasteiger partial charge in [0.05, 0.1) is 5.54 Å². The molecule has 1 aliphatic heterocycles. The maximum atomic E-state index is 12.4. The third-order valence-corrected chi connectivity index (χ3v) is 4.25. The van der Waals surface area contributed by atoms with Crippen molar-refractivity contribution in [3.05, 3.63) is 29.8 Å². The molecule has 2 fully saturated rings. The molecule has 3 N–H and O–H groups in total. The molecular weight excluding hydrogens is 266 g/mol. The Morgan fingerprint density at radius 3 is 2.52 bits per heavy atom. The summed E-state index contributed by atoms with van der Waals surface area (Å²) >= 11 is 0. The van der Waals surface area contributed by atoms with Crippen LogP contribution in [0.25, 0.3) is 0 Å². The highest BCUT2D eigenvalue weighted by atomic mass is 16.2. The molecule has 1 saturated carbocycles. The molecule has 0 atom stereocenters. The molecule has 1 heterocycles. The number of nitrogens with two attached hydrogens (primary N) is 1. The lowest BCUT2D eigenvalue weighted by atomic mass is 10.1. The first-order chi connectivity index (χ1) is 10.1. The lowest BCUT2D eigenvalue weighted by molar-refractivity contribution is -0.118. The van der Waals surface area contributed by atoms with Gasteiger partial charge >= 0.3 is 0 Å². The summed E-state index contributed by atoms with van der Waals surface area (Å²) in [5.41, 5.74) is 6.42. The Morgan fingerprint density at radius 2 is 1.86 bits per heavy atom. The van der Waals surface area contributed by atoms with Crippen LogP contribution in [0.15, 0.2) is 24.3 Å². The van der Waals surface area contributed by atoms with Gasteiger partial charge in [-0.1, -0.05) is 6.07 Å². The summed E-state index contributed by atoms with van der Waals surface area (Å²) < 4.78 is 0. The van der Waals surface area contributed by atoms with Crippen LogP contribution in [0, 0.1) is 0 Å². The molecule has 0 aromatic heterocycles. The van der Waals surface area contributed by atoms with Crippen molar-refractivity contribution in [3.63, 3.8) is 0 Å². The van der Waals surface area contributed by atoms with Gasteiger partial charge in [-0.25, -0.2) is 0 Å². The van der Waals surface area contributed by atoms with Crippen LogP contribution >= 0.6 is 0 Å². The topological polar surface area (TPSA) is 75.4 Å². The molecule has 0 radical (unpaired) electrons. The van der Waals surface area contributed by atoms with Crippen molar-refractivity contribution in [1.82, 2.24) is 4.90 Å². The average molecular weight is 287 g/mol. The maximum absolute atomic E-state index is 12.4. The average Bonchev–Trinajstić information content (AvgIpc) is 3.27. The Bertz CT molecular complexity index is 560. The zero-order valence-corrected chi connectivity index (χ0v) is 12.1. The Labute approximate surface area is 124 Å². The fourth-order valence-corrected chi connectivity index (χ4v) is 2.63. The van der Waals surface area contributed by atoms with Crippen molar-refractivity contribution in [2.75, 3.05) is 18.4 Å². The first-order valence-electron chi connectivity index (χ1n) is 7.58. The first kappa shape index (κ1) is 14.1. The van der Waals surface area contributed by atoms with E-state index < -0.39 is 5.54 Å². The summed E-state index contributed by atoms with van der Waals surface area (Å²) in [4.78, 5) is 26.3. The number of hydrogen-bond acceptors (Lipinski definition) is 3. The molecule has 1 saturated heterocycles. The molecule has 21 heavy (non-hydrogen) atoms. The van der Waals surface area contributed by atoms with E-state index in [1.807, 2.05) is 4.90 Å². The third-order valence-electron chi connectivity index (χ3n) is 4.25. The molecule has 0 spiro atoms. The Balaban J connectivity index is 1.70. The molecule has 112 valence electrons. The Hall–Kier alpha value is -1.88. The molecule has 2 amide bonds. The van der Waals surface area contributed by atoms with E-state index >= 15 is 0 Å². The predicted molar refractivity (Wildman–Crippen MR) is 81.0 cm³/mol. The van der Waals surface area contributed by atoms with E-state index in [0.717, 1.165) is 38.8 Å². The molecule has 5 nitrogen and oxygen atoms in total. The van der Waals surface area contributed by atoms with E-state index in [1.54, 1.807) is 24.3 Å². The lowest BCUT2D eigenvalue weighted by Gasteiger charge is -2.26. The number of amides is 2. The molecule has 5 heteroatoms. The van der Waals surface area contributed by atoms with Crippen molar-refractivity contribution in [3.8, 4) is 0 Å². The molecule has 2 aliphatic rings. The van der Waals surface area contributed by atoms with E-state index in [1.165, 1.54) is 6.42 Å². The monoisotopic (exact) mass is 287 g/mol. The molecule has 0 unspecified atom stereocenters. The highest BCUT2D eigenvalue weighted by Crippen LogP contribution is 2.33. The highest BCUT2D eigenvalue weighted by molar-refractivity contribution is 6.01. The SMILES string of the molecule is NC1(C(=O)Nc2cccc(C(=O)N3CCCCC3)c2)CC1. The fraction of sp³-hybridized carbons (Fsp3) is 0.500. The third kappa shape index (κ3) is 3.08. The van der Waals surface area contributed by atoms with Crippen LogP contribution in [-0.4, -0.2) is 35.3 Å². The van der Waals surface area contributed by atoms with Gasteiger partial charge in [0.2, 0.25) is 5.91 Å². The molecule has 0 bridgehead atoms. The van der Waals surface area contributed by atoms with Gasteiger partial charge in [-0.3, -0.25) is 9.59 Å². The zero-order valence-electron chi connectivity index (χ0n) is 12.1. The van der Waals surface area contributed by atoms with E-state index in [4.69, 9.17) is 5.73 Å². The number of rotatable bonds is 3. The summed E-state index contributed by atoms with van der Waals surface area (Å²) in [6.45, 7) is 1.64. The number of anilines is 1. The number of nitrogens with zero attached hydrogens (tertiary/aromatic N) is 1. The van der Waals surface area contributed by atoms with Gasteiger partial charge in [0.1, 0.15) is 0 Å². The van der Waals surface area contributed by atoms with Gasteiger partial charge in [-0.05, 0) is 50.3 Å². The quantitative estimate of drug-likeness (QED) is 0.889. The van der Waals surface area contributed by atoms with Crippen LogP contribution in [0.4, 0.5) is 5.69 Å². The van der Waals surface area contributed by atoms with Crippen molar-refractivity contribution < 1.29 is 9.59 Å². The summed E-state index contributed by atoms with van der Waals surface area (Å²) in [6.07, 6.45) is 4.78. The number of piperidine rings is 1. The van der Waals surface area contributed by atoms with Gasteiger partial charge in [0, 0.05) is 24.3 Å². The second kappa shape index (κ2) is 5.48. The van der Waals surface area contributed by atoms with Crippen molar-refractivity contribution >= 4 is 17.5 Å². The number of carbonyl (C=O) groups is 2. The van der Waals surface area contributed by atoms with Crippen molar-refractivity contribution in [2.24, 2.45) is 5.73 Å². The molecular formula is C16H21N3O2. The number of benzene rings is 1. The lowest BCUT2D eigenvalue weighted by Crippen LogP contribution is -2.38. The number of hydrogen-bond donors (Lipinski definition) is 2. The van der Waals surface area contributed by atoms with E-state index in [0.29, 0.717) is 11.3 Å². The van der Waals surface area contributed by atoms with Gasteiger partial charge in [0.25, 0.3) is 5.91 Å². The minimum atomic E-state index is -0.702. The smallest absolute Gasteiger partial charge is 0.253 e. The summed E-state index contributed by atoms with van der Waals surface area (Å²) in [6, 6.07) is 7.11. The maximum Gasteiger partial charge on any atom is 0.253 e. The number of carbonyl (C=O) groups excluding carboxylic acids is 2. The second-order valence-electron chi connectivity index (χ2n) is 6.04. The molecule has 3 rings (SSSR count). The van der Waals surface area contributed by atoms with E-state index in [9.17, 15) is 9.59 Å². The minimum Gasteiger partial charge on any atom is -0.339 e. The van der Waals surface area contributed by atoms with Gasteiger partial charge in [0.15, 0.2) is 0 Å². The van der Waals surface area contributed by atoms with Crippen LogP contribution in [0.1, 0.15) is 42.5 Å². The first-order valence-corrected chi connectivity index (χ1v) is 7.58.